The van der Waals surface area contributed by atoms with Crippen LogP contribution in [0.5, 0.6) is 0 Å². The van der Waals surface area contributed by atoms with Crippen molar-refractivity contribution in [2.24, 2.45) is 0 Å². The Morgan fingerprint density at radius 1 is 1.25 bits per heavy atom. The first kappa shape index (κ1) is 25.6. The molecule has 0 saturated carbocycles. The van der Waals surface area contributed by atoms with Gasteiger partial charge in [0, 0.05) is 31.5 Å². The lowest BCUT2D eigenvalue weighted by Crippen LogP contribution is -2.61. The van der Waals surface area contributed by atoms with Gasteiger partial charge in [0.05, 0.1) is 12.1 Å². The van der Waals surface area contributed by atoms with E-state index in [1.54, 1.807) is 25.3 Å². The number of likely N-dealkylation sites (N-methyl/N-ethyl adjacent to an activating group) is 1. The molecule has 174 valence electrons. The number of benzene rings is 1. The highest BCUT2D eigenvalue weighted by molar-refractivity contribution is 5.97. The highest BCUT2D eigenvalue weighted by Crippen LogP contribution is 2.34. The molecule has 0 N–H and O–H groups in total. The van der Waals surface area contributed by atoms with Crippen LogP contribution >= 0.6 is 0 Å². The second kappa shape index (κ2) is 12.4. The quantitative estimate of drug-likeness (QED) is 0.476. The number of nitrogens with zero attached hydrogens (tertiary/aromatic N) is 3. The average Bonchev–Trinajstić information content (AvgIpc) is 2.82. The summed E-state index contributed by atoms with van der Waals surface area (Å²) in [7, 11) is 1.66. The molecule has 1 atom stereocenters. The molecule has 1 aromatic carbocycles. The molecular weight excluding hydrogens is 402 g/mol. The van der Waals surface area contributed by atoms with Gasteiger partial charge in [-0.1, -0.05) is 44.4 Å². The predicted molar refractivity (Wildman–Crippen MR) is 130 cm³/mol. The zero-order chi connectivity index (χ0) is 23.6. The molecule has 3 rings (SSSR count). The van der Waals surface area contributed by atoms with Crippen LogP contribution in [-0.2, 0) is 14.3 Å². The van der Waals surface area contributed by atoms with Crippen molar-refractivity contribution in [3.63, 3.8) is 0 Å². The van der Waals surface area contributed by atoms with E-state index in [4.69, 9.17) is 4.74 Å². The lowest BCUT2D eigenvalue weighted by atomic mass is 9.88. The lowest BCUT2D eigenvalue weighted by Gasteiger charge is -2.49. The van der Waals surface area contributed by atoms with Crippen molar-refractivity contribution in [3.05, 3.63) is 67.4 Å². The topological polar surface area (TPSA) is 53.1 Å². The SMILES string of the molecule is C=C/C=C(\C=C)N(C)C=O.CCCN1CCC2(CC1)CN(c1ccccc1)C(=O)C(C)O2. The Bertz CT molecular complexity index is 798. The Balaban J connectivity index is 0.000000309. The van der Waals surface area contributed by atoms with Gasteiger partial charge in [-0.3, -0.25) is 9.59 Å². The molecule has 6 heteroatoms. The number of amides is 2. The molecule has 0 radical (unpaired) electrons. The fraction of sp³-hybridized carbons (Fsp3) is 0.462. The highest BCUT2D eigenvalue weighted by Gasteiger charge is 2.45. The summed E-state index contributed by atoms with van der Waals surface area (Å²) in [6.07, 6.45) is 8.48. The van der Waals surface area contributed by atoms with Crippen molar-refractivity contribution in [2.45, 2.75) is 44.8 Å². The molecule has 2 aliphatic heterocycles. The number of para-hydroxylation sites is 1. The lowest BCUT2D eigenvalue weighted by molar-refractivity contribution is -0.161. The van der Waals surface area contributed by atoms with Gasteiger partial charge < -0.3 is 19.4 Å². The predicted octanol–water partition coefficient (Wildman–Crippen LogP) is 4.01. The van der Waals surface area contributed by atoms with Crippen LogP contribution in [0.4, 0.5) is 5.69 Å². The number of carbonyl (C=O) groups is 2. The van der Waals surface area contributed by atoms with Crippen LogP contribution < -0.4 is 4.90 Å². The van der Waals surface area contributed by atoms with E-state index < -0.39 is 0 Å². The normalized spacial score (nSPS) is 20.8. The minimum absolute atomic E-state index is 0.0767. The maximum Gasteiger partial charge on any atom is 0.255 e. The van der Waals surface area contributed by atoms with Gasteiger partial charge >= 0.3 is 0 Å². The van der Waals surface area contributed by atoms with Gasteiger partial charge in [-0.2, -0.15) is 0 Å². The number of carbonyl (C=O) groups excluding carboxylic acids is 2. The van der Waals surface area contributed by atoms with Gasteiger partial charge in [-0.15, -0.1) is 0 Å². The Morgan fingerprint density at radius 2 is 1.91 bits per heavy atom. The van der Waals surface area contributed by atoms with Crippen molar-refractivity contribution < 1.29 is 14.3 Å². The molecule has 2 fully saturated rings. The van der Waals surface area contributed by atoms with Crippen molar-refractivity contribution in [1.82, 2.24) is 9.80 Å². The summed E-state index contributed by atoms with van der Waals surface area (Å²) < 4.78 is 6.19. The van der Waals surface area contributed by atoms with E-state index >= 15 is 0 Å². The number of ether oxygens (including phenoxy) is 1. The Labute approximate surface area is 192 Å². The first-order chi connectivity index (χ1) is 15.4. The molecule has 2 amide bonds. The van der Waals surface area contributed by atoms with E-state index in [-0.39, 0.29) is 17.6 Å². The van der Waals surface area contributed by atoms with Crippen LogP contribution in [0.2, 0.25) is 0 Å². The van der Waals surface area contributed by atoms with Crippen LogP contribution in [-0.4, -0.2) is 67.0 Å². The number of allylic oxidation sites excluding steroid dienone is 3. The number of morpholine rings is 1. The molecule has 2 saturated heterocycles. The molecule has 1 aromatic rings. The van der Waals surface area contributed by atoms with E-state index in [1.807, 2.05) is 42.2 Å². The van der Waals surface area contributed by atoms with Gasteiger partial charge in [0.2, 0.25) is 6.41 Å². The molecule has 2 aliphatic rings. The molecule has 1 spiro atoms. The van der Waals surface area contributed by atoms with Gasteiger partial charge in [-0.25, -0.2) is 0 Å². The number of rotatable bonds is 7. The third kappa shape index (κ3) is 6.65. The third-order valence-electron chi connectivity index (χ3n) is 5.92. The first-order valence-electron chi connectivity index (χ1n) is 11.3. The molecule has 0 aliphatic carbocycles. The van der Waals surface area contributed by atoms with Gasteiger partial charge in [0.25, 0.3) is 5.91 Å². The number of piperidine rings is 1. The molecule has 32 heavy (non-hydrogen) atoms. The minimum atomic E-state index is -0.355. The van der Waals surface area contributed by atoms with Crippen LogP contribution in [0.25, 0.3) is 0 Å². The van der Waals surface area contributed by atoms with E-state index in [1.165, 1.54) is 11.3 Å². The molecule has 2 heterocycles. The minimum Gasteiger partial charge on any atom is -0.360 e. The summed E-state index contributed by atoms with van der Waals surface area (Å²) in [6, 6.07) is 9.97. The van der Waals surface area contributed by atoms with E-state index in [2.05, 4.69) is 25.0 Å². The van der Waals surface area contributed by atoms with E-state index in [9.17, 15) is 9.59 Å². The summed E-state index contributed by atoms with van der Waals surface area (Å²) in [4.78, 5) is 28.5. The Kier molecular flexibility index (Phi) is 9.88. The van der Waals surface area contributed by atoms with Crippen LogP contribution in [0.1, 0.15) is 33.1 Å². The maximum absolute atomic E-state index is 12.5. The van der Waals surface area contributed by atoms with Gasteiger partial charge in [0.15, 0.2) is 0 Å². The molecule has 6 nitrogen and oxygen atoms in total. The molecule has 0 aromatic heterocycles. The van der Waals surface area contributed by atoms with E-state index in [0.717, 1.165) is 50.3 Å². The second-order valence-corrected chi connectivity index (χ2v) is 8.29. The molecule has 1 unspecified atom stereocenters. The monoisotopic (exact) mass is 439 g/mol. The summed E-state index contributed by atoms with van der Waals surface area (Å²) in [5.74, 6) is 0.0767. The number of hydrogen-bond acceptors (Lipinski definition) is 4. The Morgan fingerprint density at radius 3 is 2.44 bits per heavy atom. The standard InChI is InChI=1S/C18H26N2O2.C8H11NO/c1-3-11-19-12-9-18(10-13-19)14-20(17(21)15(2)22-18)16-7-5-4-6-8-16;1-4-6-8(5-2)9(3)7-10/h4-8,15H,3,9-14H2,1-2H3;4-7H,1-2H2,3H3/b;8-6+. The zero-order valence-corrected chi connectivity index (χ0v) is 19.7. The first-order valence-corrected chi connectivity index (χ1v) is 11.3. The van der Waals surface area contributed by atoms with E-state index in [0.29, 0.717) is 6.54 Å². The fourth-order valence-corrected chi connectivity index (χ4v) is 4.16. The van der Waals surface area contributed by atoms with Gasteiger partial charge in [0.1, 0.15) is 6.10 Å². The average molecular weight is 440 g/mol. The van der Waals surface area contributed by atoms with Crippen LogP contribution in [0.3, 0.4) is 0 Å². The number of anilines is 1. The summed E-state index contributed by atoms with van der Waals surface area (Å²) >= 11 is 0. The van der Waals surface area contributed by atoms with Crippen molar-refractivity contribution in [3.8, 4) is 0 Å². The van der Waals surface area contributed by atoms with Crippen molar-refractivity contribution in [2.75, 3.05) is 38.1 Å². The largest absolute Gasteiger partial charge is 0.360 e. The maximum atomic E-state index is 12.5. The number of likely N-dealkylation sites (tertiary alicyclic amines) is 1. The zero-order valence-electron chi connectivity index (χ0n) is 19.7. The summed E-state index contributed by atoms with van der Waals surface area (Å²) in [5.41, 5.74) is 1.55. The Hall–Kier alpha value is -2.70. The summed E-state index contributed by atoms with van der Waals surface area (Å²) in [6.45, 7) is 15.1. The van der Waals surface area contributed by atoms with Crippen molar-refractivity contribution in [1.29, 1.82) is 0 Å². The smallest absolute Gasteiger partial charge is 0.255 e. The molecule has 0 bridgehead atoms. The highest BCUT2D eigenvalue weighted by atomic mass is 16.5. The second-order valence-electron chi connectivity index (χ2n) is 8.29. The number of hydrogen-bond donors (Lipinski definition) is 0. The van der Waals surface area contributed by atoms with Crippen LogP contribution in [0, 0.1) is 0 Å². The summed E-state index contributed by atoms with van der Waals surface area (Å²) in [5, 5.41) is 0. The fourth-order valence-electron chi connectivity index (χ4n) is 4.16. The van der Waals surface area contributed by atoms with Crippen molar-refractivity contribution >= 4 is 18.0 Å². The van der Waals surface area contributed by atoms with Crippen LogP contribution in [0.15, 0.2) is 67.4 Å². The van der Waals surface area contributed by atoms with Gasteiger partial charge in [-0.05, 0) is 57.0 Å². The third-order valence-corrected chi connectivity index (χ3v) is 5.92. The molecular formula is C26H37N3O3.